The second-order valence-corrected chi connectivity index (χ2v) is 6.22. The number of hydrogen-bond acceptors (Lipinski definition) is 3. The fraction of sp³-hybridized carbons (Fsp3) is 0.250. The van der Waals surface area contributed by atoms with Crippen LogP contribution in [0.2, 0.25) is 0 Å². The minimum absolute atomic E-state index is 0.0119. The molecule has 0 spiro atoms. The third kappa shape index (κ3) is 2.14. The standard InChI is InChI=1S/C16H16N2O2S/c1-4-11-6-8-14(21-11)15(19)10-5-7-12-13(9-10)18(3)16(20)17(12)2/h5-9H,4H2,1-3H3. The summed E-state index contributed by atoms with van der Waals surface area (Å²) in [5, 5.41) is 0. The van der Waals surface area contributed by atoms with Crippen molar-refractivity contribution in [3.63, 3.8) is 0 Å². The van der Waals surface area contributed by atoms with Crippen LogP contribution in [0.5, 0.6) is 0 Å². The summed E-state index contributed by atoms with van der Waals surface area (Å²) < 4.78 is 3.15. The Morgan fingerprint density at radius 1 is 1.10 bits per heavy atom. The molecule has 0 radical (unpaired) electrons. The summed E-state index contributed by atoms with van der Waals surface area (Å²) in [6.07, 6.45) is 0.935. The molecule has 0 aliphatic heterocycles. The smallest absolute Gasteiger partial charge is 0.295 e. The van der Waals surface area contributed by atoms with Crippen molar-refractivity contribution in [3.8, 4) is 0 Å². The molecule has 0 saturated carbocycles. The second-order valence-electron chi connectivity index (χ2n) is 5.05. The number of thiophene rings is 1. The van der Waals surface area contributed by atoms with Gasteiger partial charge in [-0.2, -0.15) is 0 Å². The van der Waals surface area contributed by atoms with E-state index in [9.17, 15) is 9.59 Å². The van der Waals surface area contributed by atoms with Crippen molar-refractivity contribution in [2.45, 2.75) is 13.3 Å². The summed E-state index contributed by atoms with van der Waals surface area (Å²) in [6.45, 7) is 2.08. The lowest BCUT2D eigenvalue weighted by Gasteiger charge is -2.00. The molecule has 1 aromatic carbocycles. The van der Waals surface area contributed by atoms with E-state index in [1.165, 1.54) is 16.2 Å². The molecule has 2 heterocycles. The van der Waals surface area contributed by atoms with Crippen LogP contribution in [-0.2, 0) is 20.5 Å². The molecule has 0 N–H and O–H groups in total. The van der Waals surface area contributed by atoms with E-state index in [4.69, 9.17) is 0 Å². The van der Waals surface area contributed by atoms with Gasteiger partial charge in [-0.3, -0.25) is 13.9 Å². The summed E-state index contributed by atoms with van der Waals surface area (Å²) in [4.78, 5) is 26.4. The van der Waals surface area contributed by atoms with Gasteiger partial charge in [0.15, 0.2) is 0 Å². The molecule has 0 fully saturated rings. The molecule has 5 heteroatoms. The fourth-order valence-electron chi connectivity index (χ4n) is 2.48. The van der Waals surface area contributed by atoms with Crippen molar-refractivity contribution >= 4 is 28.2 Å². The zero-order chi connectivity index (χ0) is 15.1. The van der Waals surface area contributed by atoms with E-state index in [0.29, 0.717) is 5.56 Å². The van der Waals surface area contributed by atoms with Gasteiger partial charge >= 0.3 is 5.69 Å². The van der Waals surface area contributed by atoms with Crippen LogP contribution in [0.1, 0.15) is 27.0 Å². The molecule has 21 heavy (non-hydrogen) atoms. The van der Waals surface area contributed by atoms with E-state index in [1.54, 1.807) is 35.4 Å². The number of aryl methyl sites for hydroxylation is 3. The average Bonchev–Trinajstić information content (AvgIpc) is 3.07. The molecule has 2 aromatic heterocycles. The maximum atomic E-state index is 12.5. The van der Waals surface area contributed by atoms with Crippen LogP contribution in [-0.4, -0.2) is 14.9 Å². The van der Waals surface area contributed by atoms with Gasteiger partial charge in [0.2, 0.25) is 5.78 Å². The van der Waals surface area contributed by atoms with E-state index in [1.807, 2.05) is 18.2 Å². The van der Waals surface area contributed by atoms with Crippen molar-refractivity contribution in [3.05, 3.63) is 56.1 Å². The first-order valence-electron chi connectivity index (χ1n) is 6.81. The summed E-state index contributed by atoms with van der Waals surface area (Å²) >= 11 is 1.53. The predicted molar refractivity (Wildman–Crippen MR) is 85.3 cm³/mol. The number of aromatic nitrogens is 2. The van der Waals surface area contributed by atoms with Gasteiger partial charge < -0.3 is 0 Å². The molecule has 0 atom stereocenters. The number of carbonyl (C=O) groups excluding carboxylic acids is 1. The van der Waals surface area contributed by atoms with Gasteiger partial charge in [-0.25, -0.2) is 4.79 Å². The number of hydrogen-bond donors (Lipinski definition) is 0. The molecule has 0 aliphatic rings. The van der Waals surface area contributed by atoms with Crippen LogP contribution in [0.4, 0.5) is 0 Å². The Hall–Kier alpha value is -2.14. The lowest BCUT2D eigenvalue weighted by atomic mass is 10.1. The van der Waals surface area contributed by atoms with Crippen LogP contribution in [0.15, 0.2) is 35.1 Å². The Labute approximate surface area is 126 Å². The largest absolute Gasteiger partial charge is 0.328 e. The van der Waals surface area contributed by atoms with Crippen molar-refractivity contribution in [2.75, 3.05) is 0 Å². The van der Waals surface area contributed by atoms with E-state index in [2.05, 4.69) is 6.92 Å². The quantitative estimate of drug-likeness (QED) is 0.698. The molecule has 3 aromatic rings. The maximum Gasteiger partial charge on any atom is 0.328 e. The Balaban J connectivity index is 2.10. The minimum Gasteiger partial charge on any atom is -0.295 e. The van der Waals surface area contributed by atoms with Crippen molar-refractivity contribution in [1.82, 2.24) is 9.13 Å². The first-order chi connectivity index (χ1) is 10.0. The van der Waals surface area contributed by atoms with Crippen LogP contribution in [0.3, 0.4) is 0 Å². The molecule has 0 saturated heterocycles. The number of nitrogens with zero attached hydrogens (tertiary/aromatic N) is 2. The van der Waals surface area contributed by atoms with Gasteiger partial charge in [0.25, 0.3) is 0 Å². The van der Waals surface area contributed by atoms with E-state index in [0.717, 1.165) is 22.3 Å². The molecule has 4 nitrogen and oxygen atoms in total. The highest BCUT2D eigenvalue weighted by atomic mass is 32.1. The molecule has 0 unspecified atom stereocenters. The minimum atomic E-state index is -0.0843. The van der Waals surface area contributed by atoms with E-state index >= 15 is 0 Å². The third-order valence-electron chi connectivity index (χ3n) is 3.77. The molecule has 0 amide bonds. The van der Waals surface area contributed by atoms with Gasteiger partial charge in [0.1, 0.15) is 0 Å². The average molecular weight is 300 g/mol. The summed E-state index contributed by atoms with van der Waals surface area (Å²) in [5.74, 6) is 0.0119. The monoisotopic (exact) mass is 300 g/mol. The summed E-state index contributed by atoms with van der Waals surface area (Å²) in [6, 6.07) is 9.28. The van der Waals surface area contributed by atoms with Crippen LogP contribution >= 0.6 is 11.3 Å². The summed E-state index contributed by atoms with van der Waals surface area (Å²) in [5.41, 5.74) is 2.15. The Morgan fingerprint density at radius 2 is 1.81 bits per heavy atom. The first kappa shape index (κ1) is 13.8. The highest BCUT2D eigenvalue weighted by Gasteiger charge is 2.15. The number of carbonyl (C=O) groups is 1. The van der Waals surface area contributed by atoms with Gasteiger partial charge in [0, 0.05) is 24.5 Å². The van der Waals surface area contributed by atoms with Crippen LogP contribution < -0.4 is 5.69 Å². The maximum absolute atomic E-state index is 12.5. The highest BCUT2D eigenvalue weighted by molar-refractivity contribution is 7.14. The Morgan fingerprint density at radius 3 is 2.48 bits per heavy atom. The SMILES string of the molecule is CCc1ccc(C(=O)c2ccc3c(c2)n(C)c(=O)n3C)s1. The van der Waals surface area contributed by atoms with Gasteiger partial charge in [-0.05, 0) is 36.8 Å². The Bertz CT molecular complexity index is 899. The van der Waals surface area contributed by atoms with Crippen LogP contribution in [0.25, 0.3) is 11.0 Å². The van der Waals surface area contributed by atoms with Gasteiger partial charge in [-0.15, -0.1) is 11.3 Å². The highest BCUT2D eigenvalue weighted by Crippen LogP contribution is 2.22. The first-order valence-corrected chi connectivity index (χ1v) is 7.63. The number of imidazole rings is 1. The number of ketones is 1. The lowest BCUT2D eigenvalue weighted by Crippen LogP contribution is -2.19. The zero-order valence-corrected chi connectivity index (χ0v) is 13.0. The molecular weight excluding hydrogens is 284 g/mol. The van der Waals surface area contributed by atoms with Gasteiger partial charge in [0.05, 0.1) is 15.9 Å². The van der Waals surface area contributed by atoms with Crippen molar-refractivity contribution < 1.29 is 4.79 Å². The zero-order valence-electron chi connectivity index (χ0n) is 12.2. The molecule has 3 rings (SSSR count). The topological polar surface area (TPSA) is 44.0 Å². The van der Waals surface area contributed by atoms with Crippen molar-refractivity contribution in [1.29, 1.82) is 0 Å². The molecular formula is C16H16N2O2S. The number of fused-ring (bicyclic) bond motifs is 1. The molecule has 0 bridgehead atoms. The second kappa shape index (κ2) is 5.00. The summed E-state index contributed by atoms with van der Waals surface area (Å²) in [7, 11) is 3.46. The molecule has 0 aliphatic carbocycles. The fourth-order valence-corrected chi connectivity index (χ4v) is 3.39. The predicted octanol–water partition coefficient (Wildman–Crippen LogP) is 2.73. The van der Waals surface area contributed by atoms with Crippen LogP contribution in [0, 0.1) is 0 Å². The normalized spacial score (nSPS) is 11.2. The number of benzene rings is 1. The molecule has 108 valence electrons. The third-order valence-corrected chi connectivity index (χ3v) is 5.00. The van der Waals surface area contributed by atoms with Gasteiger partial charge in [-0.1, -0.05) is 6.92 Å². The van der Waals surface area contributed by atoms with E-state index < -0.39 is 0 Å². The Kier molecular flexibility index (Phi) is 3.29. The lowest BCUT2D eigenvalue weighted by molar-refractivity contribution is 0.104. The van der Waals surface area contributed by atoms with Crippen molar-refractivity contribution in [2.24, 2.45) is 14.1 Å². The van der Waals surface area contributed by atoms with E-state index in [-0.39, 0.29) is 11.5 Å². The number of rotatable bonds is 3.